The van der Waals surface area contributed by atoms with Crippen LogP contribution in [0.2, 0.25) is 0 Å². The maximum absolute atomic E-state index is 11.8. The van der Waals surface area contributed by atoms with Crippen molar-refractivity contribution in [2.45, 2.75) is 11.3 Å². The topological polar surface area (TPSA) is 124 Å². The van der Waals surface area contributed by atoms with Gasteiger partial charge in [0.05, 0.1) is 5.75 Å². The first-order chi connectivity index (χ1) is 8.12. The predicted octanol–water partition coefficient (Wildman–Crippen LogP) is -1.28. The van der Waals surface area contributed by atoms with E-state index in [0.717, 1.165) is 6.26 Å². The molecule has 0 radical (unpaired) electrons. The van der Waals surface area contributed by atoms with Crippen LogP contribution in [0.1, 0.15) is 6.42 Å². The van der Waals surface area contributed by atoms with E-state index in [2.05, 4.69) is 9.82 Å². The lowest BCUT2D eigenvalue weighted by Gasteiger charge is -2.04. The monoisotopic (exact) mass is 296 g/mol. The molecule has 0 aliphatic heterocycles. The zero-order chi connectivity index (χ0) is 14.0. The molecule has 0 bridgehead atoms. The lowest BCUT2D eigenvalue weighted by Crippen LogP contribution is -2.26. The van der Waals surface area contributed by atoms with Crippen molar-refractivity contribution < 1.29 is 16.8 Å². The third kappa shape index (κ3) is 4.27. The maximum atomic E-state index is 11.8. The van der Waals surface area contributed by atoms with Gasteiger partial charge in [0.15, 0.2) is 5.82 Å². The molecule has 8 nitrogen and oxygen atoms in total. The second-order valence-corrected chi connectivity index (χ2v) is 7.93. The Hall–Kier alpha value is -1.13. The fraction of sp³-hybridized carbons (Fsp3) is 0.625. The molecule has 3 N–H and O–H groups in total. The van der Waals surface area contributed by atoms with Crippen molar-refractivity contribution in [1.29, 1.82) is 0 Å². The van der Waals surface area contributed by atoms with E-state index in [1.54, 1.807) is 7.05 Å². The molecule has 0 saturated carbocycles. The molecule has 1 aromatic heterocycles. The number of sulfonamides is 1. The highest BCUT2D eigenvalue weighted by molar-refractivity contribution is 7.90. The van der Waals surface area contributed by atoms with Gasteiger partial charge in [-0.1, -0.05) is 0 Å². The number of anilines is 1. The van der Waals surface area contributed by atoms with Gasteiger partial charge in [-0.25, -0.2) is 21.6 Å². The summed E-state index contributed by atoms with van der Waals surface area (Å²) in [6.07, 6.45) is 2.59. The summed E-state index contributed by atoms with van der Waals surface area (Å²) in [4.78, 5) is -0.107. The number of aryl methyl sites for hydroxylation is 1. The molecule has 1 rings (SSSR count). The van der Waals surface area contributed by atoms with Gasteiger partial charge in [-0.3, -0.25) is 4.68 Å². The summed E-state index contributed by atoms with van der Waals surface area (Å²) in [5.41, 5.74) is 5.45. The number of nitrogens with zero attached hydrogens (tertiary/aromatic N) is 2. The van der Waals surface area contributed by atoms with Gasteiger partial charge >= 0.3 is 0 Å². The smallest absolute Gasteiger partial charge is 0.245 e. The van der Waals surface area contributed by atoms with Crippen molar-refractivity contribution in [3.63, 3.8) is 0 Å². The standard InChI is InChI=1S/C8H16N4O4S2/c1-12-6-7(8(9)11-12)18(15,16)10-4-3-5-17(2,13)14/h6,10H,3-5H2,1-2H3,(H2,9,11). The Morgan fingerprint density at radius 3 is 2.44 bits per heavy atom. The molecule has 104 valence electrons. The number of sulfone groups is 1. The van der Waals surface area contributed by atoms with Gasteiger partial charge in [-0.15, -0.1) is 0 Å². The lowest BCUT2D eigenvalue weighted by atomic mass is 10.5. The summed E-state index contributed by atoms with van der Waals surface area (Å²) in [5, 5.41) is 3.72. The SMILES string of the molecule is Cn1cc(S(=O)(=O)NCCCS(C)(=O)=O)c(N)n1. The second kappa shape index (κ2) is 5.24. The number of hydrogen-bond donors (Lipinski definition) is 2. The molecular weight excluding hydrogens is 280 g/mol. The van der Waals surface area contributed by atoms with E-state index < -0.39 is 19.9 Å². The van der Waals surface area contributed by atoms with Gasteiger partial charge in [-0.05, 0) is 6.42 Å². The highest BCUT2D eigenvalue weighted by Crippen LogP contribution is 2.14. The average Bonchev–Trinajstić information content (AvgIpc) is 2.52. The Bertz CT molecular complexity index is 618. The average molecular weight is 296 g/mol. The first kappa shape index (κ1) is 14.9. The summed E-state index contributed by atoms with van der Waals surface area (Å²) in [6.45, 7) is 0.0315. The predicted molar refractivity (Wildman–Crippen MR) is 67.1 cm³/mol. The minimum absolute atomic E-state index is 0.0315. The van der Waals surface area contributed by atoms with Gasteiger partial charge in [0, 0.05) is 26.0 Å². The van der Waals surface area contributed by atoms with Gasteiger partial charge < -0.3 is 5.73 Å². The zero-order valence-electron chi connectivity index (χ0n) is 10.1. The molecule has 18 heavy (non-hydrogen) atoms. The Morgan fingerprint density at radius 1 is 1.39 bits per heavy atom. The van der Waals surface area contributed by atoms with Crippen LogP contribution in [-0.2, 0) is 26.9 Å². The molecule has 0 saturated heterocycles. The first-order valence-corrected chi connectivity index (χ1v) is 8.63. The molecule has 1 aromatic rings. The van der Waals surface area contributed by atoms with Crippen LogP contribution in [0.4, 0.5) is 5.82 Å². The number of nitrogens with one attached hydrogen (secondary N) is 1. The van der Waals surface area contributed by atoms with Gasteiger partial charge in [-0.2, -0.15) is 5.10 Å². The fourth-order valence-electron chi connectivity index (χ4n) is 1.31. The van der Waals surface area contributed by atoms with Gasteiger partial charge in [0.2, 0.25) is 10.0 Å². The molecule has 0 spiro atoms. The molecule has 0 fully saturated rings. The molecule has 0 atom stereocenters. The summed E-state index contributed by atoms with van der Waals surface area (Å²) in [7, 11) is -5.27. The molecule has 0 unspecified atom stereocenters. The van der Waals surface area contributed by atoms with Crippen LogP contribution in [0.5, 0.6) is 0 Å². The Labute approximate surface area is 106 Å². The zero-order valence-corrected chi connectivity index (χ0v) is 11.8. The van der Waals surface area contributed by atoms with Crippen LogP contribution in [0.15, 0.2) is 11.1 Å². The number of hydrogen-bond acceptors (Lipinski definition) is 6. The fourth-order valence-corrected chi connectivity index (χ4v) is 3.15. The molecule has 0 aliphatic carbocycles. The van der Waals surface area contributed by atoms with Crippen molar-refractivity contribution in [2.24, 2.45) is 7.05 Å². The Balaban J connectivity index is 2.64. The molecular formula is C8H16N4O4S2. The van der Waals surface area contributed by atoms with E-state index in [1.807, 2.05) is 0 Å². The van der Waals surface area contributed by atoms with Crippen LogP contribution >= 0.6 is 0 Å². The van der Waals surface area contributed by atoms with Crippen LogP contribution < -0.4 is 10.5 Å². The summed E-state index contributed by atoms with van der Waals surface area (Å²) in [5.74, 6) is -0.161. The van der Waals surface area contributed by atoms with Crippen molar-refractivity contribution in [2.75, 3.05) is 24.3 Å². The van der Waals surface area contributed by atoms with E-state index in [1.165, 1.54) is 10.9 Å². The highest BCUT2D eigenvalue weighted by Gasteiger charge is 2.20. The number of aromatic nitrogens is 2. The Morgan fingerprint density at radius 2 is 2.00 bits per heavy atom. The number of rotatable bonds is 6. The van der Waals surface area contributed by atoms with Crippen LogP contribution in [0.25, 0.3) is 0 Å². The third-order valence-electron chi connectivity index (χ3n) is 2.10. The molecule has 0 aromatic carbocycles. The van der Waals surface area contributed by atoms with Crippen LogP contribution in [0.3, 0.4) is 0 Å². The lowest BCUT2D eigenvalue weighted by molar-refractivity contribution is 0.577. The quantitative estimate of drug-likeness (QED) is 0.630. The summed E-state index contributed by atoms with van der Waals surface area (Å²) < 4.78 is 48.9. The number of nitrogens with two attached hydrogens (primary N) is 1. The third-order valence-corrected chi connectivity index (χ3v) is 4.60. The van der Waals surface area contributed by atoms with Crippen molar-refractivity contribution in [3.05, 3.63) is 6.20 Å². The minimum Gasteiger partial charge on any atom is -0.381 e. The molecule has 0 aliphatic rings. The summed E-state index contributed by atoms with van der Waals surface area (Å²) in [6, 6.07) is 0. The highest BCUT2D eigenvalue weighted by atomic mass is 32.2. The van der Waals surface area contributed by atoms with E-state index in [4.69, 9.17) is 5.73 Å². The van der Waals surface area contributed by atoms with Crippen molar-refractivity contribution >= 4 is 25.7 Å². The van der Waals surface area contributed by atoms with E-state index in [-0.39, 0.29) is 29.4 Å². The molecule has 0 amide bonds. The molecule has 1 heterocycles. The van der Waals surface area contributed by atoms with E-state index >= 15 is 0 Å². The van der Waals surface area contributed by atoms with E-state index in [9.17, 15) is 16.8 Å². The first-order valence-electron chi connectivity index (χ1n) is 5.08. The van der Waals surface area contributed by atoms with Gasteiger partial charge in [0.25, 0.3) is 0 Å². The normalized spacial score (nSPS) is 12.8. The Kier molecular flexibility index (Phi) is 4.35. The number of nitrogen functional groups attached to an aromatic ring is 1. The van der Waals surface area contributed by atoms with Gasteiger partial charge in [0.1, 0.15) is 14.7 Å². The van der Waals surface area contributed by atoms with Crippen molar-refractivity contribution in [1.82, 2.24) is 14.5 Å². The van der Waals surface area contributed by atoms with Crippen LogP contribution in [0, 0.1) is 0 Å². The van der Waals surface area contributed by atoms with E-state index in [0.29, 0.717) is 0 Å². The van der Waals surface area contributed by atoms with Crippen molar-refractivity contribution in [3.8, 4) is 0 Å². The summed E-state index contributed by atoms with van der Waals surface area (Å²) >= 11 is 0. The van der Waals surface area contributed by atoms with Crippen LogP contribution in [-0.4, -0.2) is 45.2 Å². The second-order valence-electron chi connectivity index (χ2n) is 3.93. The molecule has 10 heteroatoms. The maximum Gasteiger partial charge on any atom is 0.245 e. The largest absolute Gasteiger partial charge is 0.381 e. The minimum atomic E-state index is -3.74.